The molecule has 2 unspecified atom stereocenters. The quantitative estimate of drug-likeness (QED) is 0.756. The molecule has 2 aromatic heterocycles. The smallest absolute Gasteiger partial charge is 0.274 e. The van der Waals surface area contributed by atoms with Crippen LogP contribution in [0.3, 0.4) is 0 Å². The molecule has 0 radical (unpaired) electrons. The summed E-state index contributed by atoms with van der Waals surface area (Å²) in [5, 5.41) is 4.10. The number of rotatable bonds is 5. The van der Waals surface area contributed by atoms with Gasteiger partial charge >= 0.3 is 0 Å². The van der Waals surface area contributed by atoms with Crippen molar-refractivity contribution in [2.75, 3.05) is 24.7 Å². The van der Waals surface area contributed by atoms with Gasteiger partial charge in [0.1, 0.15) is 5.69 Å². The maximum Gasteiger partial charge on any atom is 0.274 e. The van der Waals surface area contributed by atoms with Crippen LogP contribution in [0.2, 0.25) is 0 Å². The molecule has 0 aliphatic carbocycles. The van der Waals surface area contributed by atoms with E-state index in [0.717, 1.165) is 11.8 Å². The highest BCUT2D eigenvalue weighted by molar-refractivity contribution is 7.85. The molecule has 11 heteroatoms. The van der Waals surface area contributed by atoms with Gasteiger partial charge in [0, 0.05) is 47.7 Å². The van der Waals surface area contributed by atoms with Crippen LogP contribution in [0.15, 0.2) is 24.8 Å². The lowest BCUT2D eigenvalue weighted by atomic mass is 10.1. The third kappa shape index (κ3) is 4.21. The average molecular weight is 385 g/mol. The molecule has 3 rings (SSSR count). The van der Waals surface area contributed by atoms with E-state index in [1.165, 1.54) is 6.20 Å². The van der Waals surface area contributed by atoms with Gasteiger partial charge in [0.25, 0.3) is 12.3 Å². The Balaban J connectivity index is 1.77. The molecule has 1 amide bonds. The van der Waals surface area contributed by atoms with Crippen LogP contribution in [0.1, 0.15) is 22.1 Å². The highest BCUT2D eigenvalue weighted by Gasteiger charge is 2.33. The molecule has 0 N–H and O–H groups in total. The Bertz CT molecular complexity index is 799. The molecule has 1 fully saturated rings. The monoisotopic (exact) mass is 385 g/mol. The predicted octanol–water partition coefficient (Wildman–Crippen LogP) is 0.800. The van der Waals surface area contributed by atoms with Gasteiger partial charge in [0.2, 0.25) is 5.88 Å². The second-order valence-corrected chi connectivity index (χ2v) is 7.34. The fourth-order valence-corrected chi connectivity index (χ4v) is 3.93. The van der Waals surface area contributed by atoms with E-state index >= 15 is 0 Å². The first-order chi connectivity index (χ1) is 12.4. The number of hydrogen-bond acceptors (Lipinski definition) is 6. The standard InChI is InChI=1S/C15H17F2N5O3S/c1-21-7-10(4-20-21)12-9-26(24)3-2-22(12)15(23)11-5-19-14(6-18-11)25-8-13(16)17/h4-7,12-13H,2-3,8-9H2,1H3. The number of alkyl halides is 2. The first-order valence-corrected chi connectivity index (χ1v) is 9.30. The number of aromatic nitrogens is 4. The third-order valence-electron chi connectivity index (χ3n) is 3.85. The van der Waals surface area contributed by atoms with Crippen LogP contribution in [0.25, 0.3) is 0 Å². The number of carbonyl (C=O) groups is 1. The zero-order valence-electron chi connectivity index (χ0n) is 13.9. The maximum absolute atomic E-state index is 12.8. The summed E-state index contributed by atoms with van der Waals surface area (Å²) >= 11 is 0. The maximum atomic E-state index is 12.8. The number of aryl methyl sites for hydroxylation is 1. The van der Waals surface area contributed by atoms with E-state index in [9.17, 15) is 17.8 Å². The summed E-state index contributed by atoms with van der Waals surface area (Å²) in [6, 6.07) is -0.373. The fourth-order valence-electron chi connectivity index (χ4n) is 2.63. The van der Waals surface area contributed by atoms with Gasteiger partial charge < -0.3 is 9.64 Å². The Kier molecular flexibility index (Phi) is 5.55. The minimum atomic E-state index is -2.62. The average Bonchev–Trinajstić information content (AvgIpc) is 3.06. The highest BCUT2D eigenvalue weighted by Crippen LogP contribution is 2.26. The van der Waals surface area contributed by atoms with Gasteiger partial charge in [0.15, 0.2) is 6.61 Å². The van der Waals surface area contributed by atoms with Crippen LogP contribution in [-0.2, 0) is 17.8 Å². The minimum Gasteiger partial charge on any atom is -0.470 e. The molecule has 1 saturated heterocycles. The molecule has 26 heavy (non-hydrogen) atoms. The summed E-state index contributed by atoms with van der Waals surface area (Å²) < 4.78 is 42.6. The Morgan fingerprint density at radius 2 is 2.19 bits per heavy atom. The van der Waals surface area contributed by atoms with Crippen molar-refractivity contribution in [1.82, 2.24) is 24.6 Å². The second-order valence-electron chi connectivity index (χ2n) is 5.71. The largest absolute Gasteiger partial charge is 0.470 e. The number of ether oxygens (including phenoxy) is 1. The molecule has 3 heterocycles. The first kappa shape index (κ1) is 18.4. The van der Waals surface area contributed by atoms with Crippen LogP contribution in [-0.4, -0.2) is 65.8 Å². The molecule has 2 aromatic rings. The number of carbonyl (C=O) groups excluding carboxylic acids is 1. The van der Waals surface area contributed by atoms with Crippen molar-refractivity contribution in [3.63, 3.8) is 0 Å². The molecule has 0 bridgehead atoms. The van der Waals surface area contributed by atoms with Crippen molar-refractivity contribution in [2.24, 2.45) is 7.05 Å². The Morgan fingerprint density at radius 1 is 1.38 bits per heavy atom. The van der Waals surface area contributed by atoms with Crippen molar-refractivity contribution >= 4 is 16.7 Å². The number of halogens is 2. The Labute approximate surface area is 150 Å². The van der Waals surface area contributed by atoms with Crippen LogP contribution >= 0.6 is 0 Å². The van der Waals surface area contributed by atoms with Gasteiger partial charge in [-0.25, -0.2) is 18.7 Å². The van der Waals surface area contributed by atoms with Crippen LogP contribution in [0, 0.1) is 0 Å². The molecule has 8 nitrogen and oxygen atoms in total. The molecule has 1 aliphatic heterocycles. The molecular weight excluding hydrogens is 368 g/mol. The summed E-state index contributed by atoms with van der Waals surface area (Å²) in [6.07, 6.45) is 3.12. The summed E-state index contributed by atoms with van der Waals surface area (Å²) in [6.45, 7) is -0.473. The normalized spacial score (nSPS) is 20.4. The molecule has 0 spiro atoms. The SMILES string of the molecule is Cn1cc(C2CS(=O)CCN2C(=O)c2cnc(OCC(F)F)cn2)cn1. The predicted molar refractivity (Wildman–Crippen MR) is 88.4 cm³/mol. The third-order valence-corrected chi connectivity index (χ3v) is 5.18. The lowest BCUT2D eigenvalue weighted by Crippen LogP contribution is -2.44. The van der Waals surface area contributed by atoms with Gasteiger partial charge in [-0.2, -0.15) is 5.10 Å². The van der Waals surface area contributed by atoms with Crippen LogP contribution < -0.4 is 4.74 Å². The molecule has 0 saturated carbocycles. The van der Waals surface area contributed by atoms with E-state index in [4.69, 9.17) is 4.74 Å². The molecular formula is C15H17F2N5O3S. The van der Waals surface area contributed by atoms with Gasteiger partial charge in [-0.15, -0.1) is 0 Å². The number of nitrogens with zero attached hydrogens (tertiary/aromatic N) is 5. The van der Waals surface area contributed by atoms with Crippen molar-refractivity contribution in [3.05, 3.63) is 36.0 Å². The van der Waals surface area contributed by atoms with Crippen molar-refractivity contribution in [1.29, 1.82) is 0 Å². The molecule has 140 valence electrons. The molecule has 0 aromatic carbocycles. The summed E-state index contributed by atoms with van der Waals surface area (Å²) in [7, 11) is 0.739. The second kappa shape index (κ2) is 7.85. The molecule has 2 atom stereocenters. The number of hydrogen-bond donors (Lipinski definition) is 0. The van der Waals surface area contributed by atoms with Gasteiger partial charge in [-0.05, 0) is 0 Å². The lowest BCUT2D eigenvalue weighted by Gasteiger charge is -2.34. The van der Waals surface area contributed by atoms with Crippen LogP contribution in [0.4, 0.5) is 8.78 Å². The van der Waals surface area contributed by atoms with Crippen molar-refractivity contribution in [3.8, 4) is 5.88 Å². The zero-order chi connectivity index (χ0) is 18.7. The van der Waals surface area contributed by atoms with Crippen molar-refractivity contribution in [2.45, 2.75) is 12.5 Å². The minimum absolute atomic E-state index is 0.0657. The summed E-state index contributed by atoms with van der Waals surface area (Å²) in [4.78, 5) is 22.2. The van der Waals surface area contributed by atoms with Crippen LogP contribution in [0.5, 0.6) is 5.88 Å². The number of amides is 1. The van der Waals surface area contributed by atoms with E-state index < -0.39 is 23.8 Å². The zero-order valence-corrected chi connectivity index (χ0v) is 14.7. The van der Waals surface area contributed by atoms with Gasteiger partial charge in [-0.1, -0.05) is 0 Å². The van der Waals surface area contributed by atoms with E-state index in [2.05, 4.69) is 15.1 Å². The van der Waals surface area contributed by atoms with Gasteiger partial charge in [0.05, 0.1) is 24.6 Å². The Morgan fingerprint density at radius 3 is 2.81 bits per heavy atom. The van der Waals surface area contributed by atoms with E-state index in [1.54, 1.807) is 29.0 Å². The Hall–Kier alpha value is -2.43. The van der Waals surface area contributed by atoms with E-state index in [-0.39, 0.29) is 23.5 Å². The van der Waals surface area contributed by atoms with Gasteiger partial charge in [-0.3, -0.25) is 13.7 Å². The molecule has 1 aliphatic rings. The summed E-state index contributed by atoms with van der Waals surface area (Å²) in [5.41, 5.74) is 0.856. The van der Waals surface area contributed by atoms with Crippen molar-refractivity contribution < 1.29 is 22.5 Å². The van der Waals surface area contributed by atoms with E-state index in [0.29, 0.717) is 18.1 Å². The summed E-state index contributed by atoms with van der Waals surface area (Å²) in [5.74, 6) is 0.250. The fraction of sp³-hybridized carbons (Fsp3) is 0.467. The topological polar surface area (TPSA) is 90.2 Å². The highest BCUT2D eigenvalue weighted by atomic mass is 32.2. The van der Waals surface area contributed by atoms with E-state index in [1.807, 2.05) is 0 Å². The first-order valence-electron chi connectivity index (χ1n) is 7.81. The lowest BCUT2D eigenvalue weighted by molar-refractivity contribution is 0.0689.